The molecule has 1 atom stereocenters. The van der Waals surface area contributed by atoms with Gasteiger partial charge in [0.15, 0.2) is 9.84 Å². The first-order valence-corrected chi connectivity index (χ1v) is 9.77. The van der Waals surface area contributed by atoms with E-state index in [2.05, 4.69) is 10.6 Å². The average molecular weight is 367 g/mol. The second kappa shape index (κ2) is 7.68. The van der Waals surface area contributed by atoms with Gasteiger partial charge >= 0.3 is 6.03 Å². The van der Waals surface area contributed by atoms with Crippen LogP contribution in [0, 0.1) is 0 Å². The number of halogens is 1. The SMILES string of the molecule is CC(NC(=O)Nc1ccccc1CS(C)(=O)=O)c1ccc(Cl)cc1. The van der Waals surface area contributed by atoms with Crippen LogP contribution in [0.15, 0.2) is 48.5 Å². The normalized spacial score (nSPS) is 12.5. The van der Waals surface area contributed by atoms with Gasteiger partial charge in [0, 0.05) is 17.0 Å². The Hall–Kier alpha value is -2.05. The van der Waals surface area contributed by atoms with Gasteiger partial charge in [0.05, 0.1) is 11.8 Å². The molecule has 128 valence electrons. The van der Waals surface area contributed by atoms with Crippen LogP contribution in [0.5, 0.6) is 0 Å². The zero-order chi connectivity index (χ0) is 17.7. The summed E-state index contributed by atoms with van der Waals surface area (Å²) in [5, 5.41) is 6.15. The van der Waals surface area contributed by atoms with Crippen molar-refractivity contribution in [2.24, 2.45) is 0 Å². The van der Waals surface area contributed by atoms with Crippen molar-refractivity contribution in [3.63, 3.8) is 0 Å². The van der Waals surface area contributed by atoms with Gasteiger partial charge in [-0.2, -0.15) is 0 Å². The number of hydrogen-bond donors (Lipinski definition) is 2. The van der Waals surface area contributed by atoms with Gasteiger partial charge in [-0.25, -0.2) is 13.2 Å². The number of nitrogens with one attached hydrogen (secondary N) is 2. The minimum atomic E-state index is -3.19. The summed E-state index contributed by atoms with van der Waals surface area (Å²) < 4.78 is 23.0. The predicted molar refractivity (Wildman–Crippen MR) is 97.0 cm³/mol. The van der Waals surface area contributed by atoms with Crippen molar-refractivity contribution < 1.29 is 13.2 Å². The monoisotopic (exact) mass is 366 g/mol. The zero-order valence-corrected chi connectivity index (χ0v) is 15.0. The Kier molecular flexibility index (Phi) is 5.85. The van der Waals surface area contributed by atoms with Crippen LogP contribution in [-0.2, 0) is 15.6 Å². The summed E-state index contributed by atoms with van der Waals surface area (Å²) in [5.74, 6) is -0.129. The lowest BCUT2D eigenvalue weighted by atomic mass is 10.1. The first-order chi connectivity index (χ1) is 11.2. The number of hydrogen-bond acceptors (Lipinski definition) is 3. The van der Waals surface area contributed by atoms with E-state index in [1.807, 2.05) is 19.1 Å². The van der Waals surface area contributed by atoms with Crippen LogP contribution in [0.2, 0.25) is 5.02 Å². The molecule has 2 aromatic carbocycles. The molecule has 0 aliphatic carbocycles. The molecule has 2 amide bonds. The van der Waals surface area contributed by atoms with Crippen molar-refractivity contribution in [2.45, 2.75) is 18.7 Å². The Morgan fingerprint density at radius 1 is 1.12 bits per heavy atom. The van der Waals surface area contributed by atoms with Crippen molar-refractivity contribution in [3.05, 3.63) is 64.7 Å². The number of sulfone groups is 1. The number of anilines is 1. The molecule has 2 rings (SSSR count). The highest BCUT2D eigenvalue weighted by Crippen LogP contribution is 2.19. The van der Waals surface area contributed by atoms with E-state index in [0.29, 0.717) is 16.3 Å². The Morgan fingerprint density at radius 2 is 1.75 bits per heavy atom. The van der Waals surface area contributed by atoms with Crippen LogP contribution in [0.1, 0.15) is 24.1 Å². The maximum Gasteiger partial charge on any atom is 0.319 e. The van der Waals surface area contributed by atoms with Gasteiger partial charge in [0.25, 0.3) is 0 Å². The Morgan fingerprint density at radius 3 is 2.38 bits per heavy atom. The molecule has 2 N–H and O–H groups in total. The van der Waals surface area contributed by atoms with Gasteiger partial charge in [-0.05, 0) is 36.2 Å². The van der Waals surface area contributed by atoms with Crippen molar-refractivity contribution in [2.75, 3.05) is 11.6 Å². The number of para-hydroxylation sites is 1. The standard InChI is InChI=1S/C17H19ClN2O3S/c1-12(13-7-9-15(18)10-8-13)19-17(21)20-16-6-4-3-5-14(16)11-24(2,22)23/h3-10,12H,11H2,1-2H3,(H2,19,20,21). The van der Waals surface area contributed by atoms with Crippen LogP contribution >= 0.6 is 11.6 Å². The van der Waals surface area contributed by atoms with E-state index in [9.17, 15) is 13.2 Å². The number of amides is 2. The summed E-state index contributed by atoms with van der Waals surface area (Å²) in [4.78, 5) is 12.2. The lowest BCUT2D eigenvalue weighted by Gasteiger charge is -2.16. The van der Waals surface area contributed by atoms with Crippen molar-refractivity contribution in [1.82, 2.24) is 5.32 Å². The molecule has 0 saturated heterocycles. The molecule has 0 radical (unpaired) electrons. The summed E-state index contributed by atoms with van der Waals surface area (Å²) in [5.41, 5.74) is 1.94. The van der Waals surface area contributed by atoms with Crippen LogP contribution in [0.25, 0.3) is 0 Å². The first-order valence-electron chi connectivity index (χ1n) is 7.33. The highest BCUT2D eigenvalue weighted by molar-refractivity contribution is 7.89. The predicted octanol–water partition coefficient (Wildman–Crippen LogP) is 3.77. The largest absolute Gasteiger partial charge is 0.331 e. The fourth-order valence-corrected chi connectivity index (χ4v) is 3.18. The molecule has 2 aromatic rings. The van der Waals surface area contributed by atoms with Gasteiger partial charge in [-0.1, -0.05) is 41.9 Å². The van der Waals surface area contributed by atoms with E-state index in [0.717, 1.165) is 11.8 Å². The fourth-order valence-electron chi connectivity index (χ4n) is 2.24. The number of rotatable bonds is 5. The molecule has 0 heterocycles. The lowest BCUT2D eigenvalue weighted by molar-refractivity contribution is 0.249. The summed E-state index contributed by atoms with van der Waals surface area (Å²) in [7, 11) is -3.19. The lowest BCUT2D eigenvalue weighted by Crippen LogP contribution is -2.31. The fraction of sp³-hybridized carbons (Fsp3) is 0.235. The molecular weight excluding hydrogens is 348 g/mol. The van der Waals surface area contributed by atoms with Gasteiger partial charge in [0.1, 0.15) is 0 Å². The molecule has 0 bridgehead atoms. The second-order valence-electron chi connectivity index (χ2n) is 5.60. The van der Waals surface area contributed by atoms with Crippen LogP contribution < -0.4 is 10.6 Å². The summed E-state index contributed by atoms with van der Waals surface area (Å²) in [6.45, 7) is 1.85. The molecule has 0 saturated carbocycles. The number of urea groups is 1. The summed E-state index contributed by atoms with van der Waals surface area (Å²) in [6.07, 6.45) is 1.16. The molecular formula is C17H19ClN2O3S. The number of carbonyl (C=O) groups is 1. The molecule has 24 heavy (non-hydrogen) atoms. The molecule has 0 aromatic heterocycles. The highest BCUT2D eigenvalue weighted by atomic mass is 35.5. The maximum atomic E-state index is 12.2. The highest BCUT2D eigenvalue weighted by Gasteiger charge is 2.13. The van der Waals surface area contributed by atoms with E-state index >= 15 is 0 Å². The van der Waals surface area contributed by atoms with E-state index < -0.39 is 15.9 Å². The van der Waals surface area contributed by atoms with E-state index in [-0.39, 0.29) is 11.8 Å². The molecule has 0 fully saturated rings. The molecule has 5 nitrogen and oxygen atoms in total. The van der Waals surface area contributed by atoms with Gasteiger partial charge < -0.3 is 10.6 Å². The Labute approximate surface area is 147 Å². The quantitative estimate of drug-likeness (QED) is 0.845. The molecule has 0 spiro atoms. The van der Waals surface area contributed by atoms with Crippen LogP contribution in [-0.4, -0.2) is 20.7 Å². The third-order valence-electron chi connectivity index (χ3n) is 3.40. The third kappa shape index (κ3) is 5.54. The molecule has 0 aliphatic rings. The average Bonchev–Trinajstić information content (AvgIpc) is 2.48. The minimum Gasteiger partial charge on any atom is -0.331 e. The summed E-state index contributed by atoms with van der Waals surface area (Å²) >= 11 is 5.85. The smallest absolute Gasteiger partial charge is 0.319 e. The summed E-state index contributed by atoms with van der Waals surface area (Å²) in [6, 6.07) is 13.4. The van der Waals surface area contributed by atoms with E-state index in [1.165, 1.54) is 0 Å². The number of benzene rings is 2. The molecule has 1 unspecified atom stereocenters. The van der Waals surface area contributed by atoms with Crippen molar-refractivity contribution in [3.8, 4) is 0 Å². The van der Waals surface area contributed by atoms with E-state index in [1.54, 1.807) is 36.4 Å². The first kappa shape index (κ1) is 18.3. The van der Waals surface area contributed by atoms with Crippen molar-refractivity contribution in [1.29, 1.82) is 0 Å². The third-order valence-corrected chi connectivity index (χ3v) is 4.49. The van der Waals surface area contributed by atoms with Crippen LogP contribution in [0.4, 0.5) is 10.5 Å². The van der Waals surface area contributed by atoms with Crippen molar-refractivity contribution >= 4 is 33.2 Å². The second-order valence-corrected chi connectivity index (χ2v) is 8.18. The topological polar surface area (TPSA) is 75.3 Å². The molecule has 7 heteroatoms. The minimum absolute atomic E-state index is 0.129. The van der Waals surface area contributed by atoms with Gasteiger partial charge in [-0.3, -0.25) is 0 Å². The van der Waals surface area contributed by atoms with Crippen LogP contribution in [0.3, 0.4) is 0 Å². The van der Waals surface area contributed by atoms with Gasteiger partial charge in [0.2, 0.25) is 0 Å². The Bertz CT molecular complexity index is 820. The zero-order valence-electron chi connectivity index (χ0n) is 13.4. The Balaban J connectivity index is 2.06. The maximum absolute atomic E-state index is 12.2. The van der Waals surface area contributed by atoms with Gasteiger partial charge in [-0.15, -0.1) is 0 Å². The number of carbonyl (C=O) groups excluding carboxylic acids is 1. The van der Waals surface area contributed by atoms with E-state index in [4.69, 9.17) is 11.6 Å². The molecule has 0 aliphatic heterocycles.